The number of fused-ring (bicyclic) bond motifs is 1. The molecule has 0 radical (unpaired) electrons. The lowest BCUT2D eigenvalue weighted by atomic mass is 9.80. The highest BCUT2D eigenvalue weighted by atomic mass is 19.1. The first-order chi connectivity index (χ1) is 12.5. The summed E-state index contributed by atoms with van der Waals surface area (Å²) in [5, 5.41) is 15.2. The summed E-state index contributed by atoms with van der Waals surface area (Å²) < 4.78 is 14.5. The molecule has 0 amide bonds. The summed E-state index contributed by atoms with van der Waals surface area (Å²) in [6.45, 7) is 5.27. The molecule has 2 aromatic carbocycles. The fourth-order valence-corrected chi connectivity index (χ4v) is 3.60. The quantitative estimate of drug-likeness (QED) is 0.708. The molecule has 3 aromatic rings. The van der Waals surface area contributed by atoms with Gasteiger partial charge in [-0.1, -0.05) is 12.1 Å². The normalized spacial score (nSPS) is 15.1. The molecule has 1 saturated heterocycles. The van der Waals surface area contributed by atoms with Crippen LogP contribution in [0.3, 0.4) is 0 Å². The van der Waals surface area contributed by atoms with Crippen LogP contribution in [0.25, 0.3) is 21.9 Å². The third-order valence-electron chi connectivity index (χ3n) is 5.06. The largest absolute Gasteiger partial charge is 0.437 e. The van der Waals surface area contributed by atoms with E-state index in [-0.39, 0.29) is 11.9 Å². The van der Waals surface area contributed by atoms with Crippen LogP contribution in [0.4, 0.5) is 10.1 Å². The van der Waals surface area contributed by atoms with Crippen molar-refractivity contribution < 1.29 is 9.41 Å². The van der Waals surface area contributed by atoms with Crippen molar-refractivity contribution in [2.45, 2.75) is 19.8 Å². The number of pyridine rings is 1. The zero-order valence-corrected chi connectivity index (χ0v) is 14.9. The van der Waals surface area contributed by atoms with Gasteiger partial charge >= 0.3 is 7.05 Å². The van der Waals surface area contributed by atoms with Crippen molar-refractivity contribution in [1.82, 2.24) is 9.79 Å². The Balaban J connectivity index is 1.75. The topological polar surface area (TPSA) is 48.4 Å². The zero-order chi connectivity index (χ0) is 18.3. The van der Waals surface area contributed by atoms with E-state index in [1.165, 1.54) is 6.07 Å². The molecule has 0 saturated carbocycles. The van der Waals surface area contributed by atoms with E-state index in [0.717, 1.165) is 40.7 Å². The van der Waals surface area contributed by atoms with Gasteiger partial charge < -0.3 is 15.2 Å². The van der Waals surface area contributed by atoms with Crippen LogP contribution in [-0.2, 0) is 0 Å². The lowest BCUT2D eigenvalue weighted by molar-refractivity contribution is 0.248. The van der Waals surface area contributed by atoms with Gasteiger partial charge in [-0.25, -0.2) is 4.39 Å². The first kappa shape index (κ1) is 17.0. The SMILES string of the molecule is CB(O)N1CC(Nc2cc(-c3c(C)cccc3F)cc3cnccc23)C1. The van der Waals surface area contributed by atoms with E-state index in [0.29, 0.717) is 5.56 Å². The molecule has 1 fully saturated rings. The molecular weight excluding hydrogens is 328 g/mol. The fraction of sp³-hybridized carbons (Fsp3) is 0.250. The number of aromatic nitrogens is 1. The van der Waals surface area contributed by atoms with Crippen LogP contribution in [0, 0.1) is 12.7 Å². The molecule has 1 aliphatic rings. The maximum absolute atomic E-state index is 14.5. The molecule has 0 unspecified atom stereocenters. The Kier molecular flexibility index (Phi) is 4.38. The summed E-state index contributed by atoms with van der Waals surface area (Å²) in [4.78, 5) is 6.21. The first-order valence-corrected chi connectivity index (χ1v) is 8.85. The number of hydrogen-bond acceptors (Lipinski definition) is 4. The van der Waals surface area contributed by atoms with E-state index < -0.39 is 7.05 Å². The lowest BCUT2D eigenvalue weighted by Crippen LogP contribution is -2.59. The Morgan fingerprint density at radius 2 is 2.08 bits per heavy atom. The Morgan fingerprint density at radius 3 is 2.81 bits per heavy atom. The smallest absolute Gasteiger partial charge is 0.376 e. The number of halogens is 1. The Bertz CT molecular complexity index is 937. The molecule has 1 aliphatic heterocycles. The third kappa shape index (κ3) is 3.06. The number of nitrogens with one attached hydrogen (secondary N) is 1. The molecule has 1 aromatic heterocycles. The molecule has 2 heterocycles. The van der Waals surface area contributed by atoms with Gasteiger partial charge in [0.15, 0.2) is 0 Å². The fourth-order valence-electron chi connectivity index (χ4n) is 3.60. The monoisotopic (exact) mass is 349 g/mol. The summed E-state index contributed by atoms with van der Waals surface area (Å²) >= 11 is 0. The van der Waals surface area contributed by atoms with E-state index in [1.54, 1.807) is 19.1 Å². The minimum atomic E-state index is -0.429. The number of hydrogen-bond donors (Lipinski definition) is 2. The van der Waals surface area contributed by atoms with E-state index in [9.17, 15) is 9.41 Å². The van der Waals surface area contributed by atoms with Gasteiger partial charge in [-0.15, -0.1) is 0 Å². The van der Waals surface area contributed by atoms with Crippen LogP contribution >= 0.6 is 0 Å². The van der Waals surface area contributed by atoms with Gasteiger partial charge in [-0.2, -0.15) is 0 Å². The number of nitrogens with zero attached hydrogens (tertiary/aromatic N) is 2. The van der Waals surface area contributed by atoms with Gasteiger partial charge in [-0.05, 0) is 49.1 Å². The molecule has 0 spiro atoms. The first-order valence-electron chi connectivity index (χ1n) is 8.85. The number of rotatable bonds is 4. The number of aryl methyl sites for hydroxylation is 1. The second-order valence-corrected chi connectivity index (χ2v) is 6.98. The van der Waals surface area contributed by atoms with E-state index in [2.05, 4.69) is 10.3 Å². The molecule has 2 N–H and O–H groups in total. The van der Waals surface area contributed by atoms with Crippen LogP contribution in [-0.4, -0.2) is 41.0 Å². The second kappa shape index (κ2) is 6.70. The van der Waals surface area contributed by atoms with Gasteiger partial charge in [0.25, 0.3) is 0 Å². The number of benzene rings is 2. The summed E-state index contributed by atoms with van der Waals surface area (Å²) in [5.74, 6) is -0.219. The van der Waals surface area contributed by atoms with Gasteiger partial charge in [0, 0.05) is 53.5 Å². The van der Waals surface area contributed by atoms with Crippen LogP contribution in [0.1, 0.15) is 5.56 Å². The van der Waals surface area contributed by atoms with Gasteiger partial charge in [0.05, 0.1) is 0 Å². The molecular formula is C20H21BFN3O. The molecule has 0 aliphatic carbocycles. The van der Waals surface area contributed by atoms with Gasteiger partial charge in [-0.3, -0.25) is 4.98 Å². The van der Waals surface area contributed by atoms with E-state index in [4.69, 9.17) is 0 Å². The zero-order valence-electron chi connectivity index (χ0n) is 14.9. The molecule has 0 atom stereocenters. The Hall–Kier alpha value is -2.44. The van der Waals surface area contributed by atoms with Crippen molar-refractivity contribution in [1.29, 1.82) is 0 Å². The van der Waals surface area contributed by atoms with Crippen LogP contribution < -0.4 is 5.32 Å². The maximum atomic E-state index is 14.5. The van der Waals surface area contributed by atoms with Gasteiger partial charge in [0.1, 0.15) is 5.82 Å². The molecule has 6 heteroatoms. The van der Waals surface area contributed by atoms with E-state index in [1.807, 2.05) is 42.2 Å². The van der Waals surface area contributed by atoms with E-state index >= 15 is 0 Å². The highest BCUT2D eigenvalue weighted by molar-refractivity contribution is 6.45. The van der Waals surface area contributed by atoms with Crippen LogP contribution in [0.15, 0.2) is 48.8 Å². The summed E-state index contributed by atoms with van der Waals surface area (Å²) in [6, 6.07) is 11.4. The molecule has 4 rings (SSSR count). The summed E-state index contributed by atoms with van der Waals surface area (Å²) in [5.41, 5.74) is 3.34. The highest BCUT2D eigenvalue weighted by Gasteiger charge is 2.31. The number of anilines is 1. The molecule has 4 nitrogen and oxygen atoms in total. The van der Waals surface area contributed by atoms with Crippen molar-refractivity contribution in [2.75, 3.05) is 18.4 Å². The van der Waals surface area contributed by atoms with Crippen molar-refractivity contribution in [3.63, 3.8) is 0 Å². The van der Waals surface area contributed by atoms with Crippen LogP contribution in [0.2, 0.25) is 6.82 Å². The maximum Gasteiger partial charge on any atom is 0.376 e. The Morgan fingerprint density at radius 1 is 1.27 bits per heavy atom. The van der Waals surface area contributed by atoms with Crippen molar-refractivity contribution in [2.24, 2.45) is 0 Å². The average molecular weight is 349 g/mol. The molecule has 0 bridgehead atoms. The third-order valence-corrected chi connectivity index (χ3v) is 5.06. The van der Waals surface area contributed by atoms with Crippen molar-refractivity contribution in [3.05, 3.63) is 60.2 Å². The van der Waals surface area contributed by atoms with Crippen molar-refractivity contribution in [3.8, 4) is 11.1 Å². The standard InChI is InChI=1S/C20H21BFN3O/c1-13-4-3-5-18(22)20(13)14-8-15-10-23-7-6-17(15)19(9-14)24-16-11-25(12-16)21(2)26/h3-10,16,24,26H,11-12H2,1-2H3. The lowest BCUT2D eigenvalue weighted by Gasteiger charge is -2.41. The Labute approximate surface area is 152 Å². The summed E-state index contributed by atoms with van der Waals surface area (Å²) in [6.07, 6.45) is 3.58. The second-order valence-electron chi connectivity index (χ2n) is 6.98. The molecule has 26 heavy (non-hydrogen) atoms. The minimum Gasteiger partial charge on any atom is -0.437 e. The minimum absolute atomic E-state index is 0.219. The van der Waals surface area contributed by atoms with Gasteiger partial charge in [0.2, 0.25) is 0 Å². The highest BCUT2D eigenvalue weighted by Crippen LogP contribution is 2.34. The predicted octanol–water partition coefficient (Wildman–Crippen LogP) is 3.56. The van der Waals surface area contributed by atoms with Crippen LogP contribution in [0.5, 0.6) is 0 Å². The summed E-state index contributed by atoms with van der Waals surface area (Å²) in [7, 11) is -0.429. The average Bonchev–Trinajstić information content (AvgIpc) is 2.57. The predicted molar refractivity (Wildman–Crippen MR) is 105 cm³/mol. The molecule has 132 valence electrons. The van der Waals surface area contributed by atoms with Crippen molar-refractivity contribution >= 4 is 23.5 Å².